The number of hydrogen-bond acceptors (Lipinski definition) is 7. The SMILES string of the molecule is COC(=O)COc1cccc(S(=O)(=O)c2ccc(CCNCC(O)c3cccc(Cl)c3)cc2)c1. The molecule has 3 rings (SSSR count). The van der Waals surface area contributed by atoms with Crippen LogP contribution in [-0.4, -0.2) is 46.3 Å². The van der Waals surface area contributed by atoms with E-state index in [9.17, 15) is 18.3 Å². The predicted molar refractivity (Wildman–Crippen MR) is 129 cm³/mol. The van der Waals surface area contributed by atoms with Crippen molar-refractivity contribution in [2.75, 3.05) is 26.8 Å². The molecule has 0 spiro atoms. The van der Waals surface area contributed by atoms with E-state index in [2.05, 4.69) is 10.1 Å². The maximum Gasteiger partial charge on any atom is 0.343 e. The fraction of sp³-hybridized carbons (Fsp3) is 0.240. The number of aliphatic hydroxyl groups is 1. The van der Waals surface area contributed by atoms with Gasteiger partial charge in [0.05, 0.1) is 23.0 Å². The summed E-state index contributed by atoms with van der Waals surface area (Å²) in [6.45, 7) is 0.684. The molecule has 0 aliphatic rings. The van der Waals surface area contributed by atoms with Crippen molar-refractivity contribution in [3.8, 4) is 5.75 Å². The first kappa shape index (κ1) is 25.7. The molecule has 0 aliphatic carbocycles. The molecule has 2 N–H and O–H groups in total. The van der Waals surface area contributed by atoms with Crippen molar-refractivity contribution in [1.82, 2.24) is 5.32 Å². The van der Waals surface area contributed by atoms with Gasteiger partial charge in [0, 0.05) is 11.6 Å². The van der Waals surface area contributed by atoms with E-state index in [1.54, 1.807) is 54.6 Å². The molecule has 0 amide bonds. The summed E-state index contributed by atoms with van der Waals surface area (Å²) >= 11 is 5.96. The van der Waals surface area contributed by atoms with Crippen LogP contribution in [0, 0.1) is 0 Å². The summed E-state index contributed by atoms with van der Waals surface area (Å²) in [7, 11) is -2.50. The molecule has 0 saturated carbocycles. The maximum absolute atomic E-state index is 13.0. The Morgan fingerprint density at radius 1 is 1.03 bits per heavy atom. The third-order valence-electron chi connectivity index (χ3n) is 5.10. The van der Waals surface area contributed by atoms with Crippen molar-refractivity contribution < 1.29 is 27.8 Å². The molecular formula is C25H26ClNO6S. The lowest BCUT2D eigenvalue weighted by Crippen LogP contribution is -2.23. The van der Waals surface area contributed by atoms with Crippen LogP contribution in [0.1, 0.15) is 17.2 Å². The fourth-order valence-electron chi connectivity index (χ4n) is 3.21. The van der Waals surface area contributed by atoms with E-state index in [1.165, 1.54) is 19.2 Å². The first-order chi connectivity index (χ1) is 16.3. The van der Waals surface area contributed by atoms with Gasteiger partial charge < -0.3 is 19.9 Å². The van der Waals surface area contributed by atoms with Gasteiger partial charge in [0.15, 0.2) is 6.61 Å². The normalized spacial score (nSPS) is 12.2. The van der Waals surface area contributed by atoms with Crippen LogP contribution in [-0.2, 0) is 25.8 Å². The lowest BCUT2D eigenvalue weighted by molar-refractivity contribution is -0.142. The van der Waals surface area contributed by atoms with E-state index in [-0.39, 0.29) is 22.1 Å². The van der Waals surface area contributed by atoms with Crippen LogP contribution in [0.15, 0.2) is 82.6 Å². The van der Waals surface area contributed by atoms with E-state index in [1.807, 2.05) is 6.07 Å². The van der Waals surface area contributed by atoms with Gasteiger partial charge in [-0.15, -0.1) is 0 Å². The van der Waals surface area contributed by atoms with E-state index in [0.717, 1.165) is 11.1 Å². The summed E-state index contributed by atoms with van der Waals surface area (Å²) < 4.78 is 35.8. The number of aliphatic hydroxyl groups excluding tert-OH is 1. The second-order valence-corrected chi connectivity index (χ2v) is 9.90. The Bertz CT molecular complexity index is 1210. The molecule has 1 atom stereocenters. The highest BCUT2D eigenvalue weighted by molar-refractivity contribution is 7.91. The smallest absolute Gasteiger partial charge is 0.343 e. The van der Waals surface area contributed by atoms with Gasteiger partial charge in [0.1, 0.15) is 5.75 Å². The van der Waals surface area contributed by atoms with Crippen molar-refractivity contribution in [3.05, 3.63) is 88.9 Å². The molecule has 0 aromatic heterocycles. The quantitative estimate of drug-likeness (QED) is 0.304. The average molecular weight is 504 g/mol. The monoisotopic (exact) mass is 503 g/mol. The standard InChI is InChI=1S/C25H26ClNO6S/c1-32-25(29)17-33-21-6-3-7-23(15-21)34(30,31)22-10-8-18(9-11-22)12-13-27-16-24(28)19-4-2-5-20(26)14-19/h2-11,14-15,24,27-28H,12-13,16-17H2,1H3. The number of sulfone groups is 1. The molecule has 0 fully saturated rings. The van der Waals surface area contributed by atoms with Crippen LogP contribution >= 0.6 is 11.6 Å². The zero-order valence-corrected chi connectivity index (χ0v) is 20.2. The Labute approximate surface area is 204 Å². The third kappa shape index (κ3) is 7.04. The lowest BCUT2D eigenvalue weighted by Gasteiger charge is -2.13. The summed E-state index contributed by atoms with van der Waals surface area (Å²) in [5.41, 5.74) is 1.70. The number of carbonyl (C=O) groups excluding carboxylic acids is 1. The summed E-state index contributed by atoms with van der Waals surface area (Å²) in [6.07, 6.45) is -0.00186. The van der Waals surface area contributed by atoms with Crippen molar-refractivity contribution in [2.24, 2.45) is 0 Å². The molecule has 1 unspecified atom stereocenters. The molecule has 34 heavy (non-hydrogen) atoms. The number of benzene rings is 3. The zero-order valence-electron chi connectivity index (χ0n) is 18.6. The number of rotatable bonds is 11. The average Bonchev–Trinajstić information content (AvgIpc) is 2.85. The Kier molecular flexibility index (Phi) is 9.06. The Balaban J connectivity index is 1.55. The lowest BCUT2D eigenvalue weighted by atomic mass is 10.1. The third-order valence-corrected chi connectivity index (χ3v) is 7.10. The van der Waals surface area contributed by atoms with Crippen molar-refractivity contribution >= 4 is 27.4 Å². The molecule has 0 bridgehead atoms. The second kappa shape index (κ2) is 12.0. The number of esters is 1. The Morgan fingerprint density at radius 3 is 2.47 bits per heavy atom. The minimum absolute atomic E-state index is 0.0688. The largest absolute Gasteiger partial charge is 0.482 e. The number of methoxy groups -OCH3 is 1. The van der Waals surface area contributed by atoms with Gasteiger partial charge in [-0.1, -0.05) is 41.9 Å². The Hall–Kier alpha value is -2.91. The first-order valence-corrected chi connectivity index (χ1v) is 12.4. The summed E-state index contributed by atoms with van der Waals surface area (Å²) in [6, 6.07) is 19.7. The number of nitrogens with one attached hydrogen (secondary N) is 1. The van der Waals surface area contributed by atoms with Gasteiger partial charge in [-0.2, -0.15) is 0 Å². The van der Waals surface area contributed by atoms with Crippen molar-refractivity contribution in [3.63, 3.8) is 0 Å². The highest BCUT2D eigenvalue weighted by atomic mass is 35.5. The molecule has 0 heterocycles. The molecule has 9 heteroatoms. The minimum Gasteiger partial charge on any atom is -0.482 e. The number of carbonyl (C=O) groups is 1. The van der Waals surface area contributed by atoms with Crippen LogP contribution in [0.5, 0.6) is 5.75 Å². The molecular weight excluding hydrogens is 478 g/mol. The molecule has 3 aromatic carbocycles. The summed E-state index contributed by atoms with van der Waals surface area (Å²) in [5.74, 6) is -0.300. The summed E-state index contributed by atoms with van der Waals surface area (Å²) in [4.78, 5) is 11.5. The van der Waals surface area contributed by atoms with Gasteiger partial charge in [0.2, 0.25) is 9.84 Å². The highest BCUT2D eigenvalue weighted by Gasteiger charge is 2.18. The van der Waals surface area contributed by atoms with Crippen molar-refractivity contribution in [1.29, 1.82) is 0 Å². The number of ether oxygens (including phenoxy) is 2. The van der Waals surface area contributed by atoms with Crippen LogP contribution < -0.4 is 10.1 Å². The van der Waals surface area contributed by atoms with E-state index in [4.69, 9.17) is 16.3 Å². The molecule has 0 saturated heterocycles. The van der Waals surface area contributed by atoms with Crippen LogP contribution in [0.3, 0.4) is 0 Å². The minimum atomic E-state index is -3.75. The Morgan fingerprint density at radius 2 is 1.76 bits per heavy atom. The van der Waals surface area contributed by atoms with Crippen molar-refractivity contribution in [2.45, 2.75) is 22.3 Å². The zero-order chi connectivity index (χ0) is 24.6. The molecule has 0 aliphatic heterocycles. The van der Waals surface area contributed by atoms with Gasteiger partial charge >= 0.3 is 5.97 Å². The van der Waals surface area contributed by atoms with E-state index >= 15 is 0 Å². The van der Waals surface area contributed by atoms with Crippen LogP contribution in [0.4, 0.5) is 0 Å². The van der Waals surface area contributed by atoms with E-state index in [0.29, 0.717) is 24.5 Å². The second-order valence-electron chi connectivity index (χ2n) is 7.51. The number of hydrogen-bond donors (Lipinski definition) is 2. The van der Waals surface area contributed by atoms with Gasteiger partial charge in [0.25, 0.3) is 0 Å². The molecule has 180 valence electrons. The first-order valence-electron chi connectivity index (χ1n) is 10.6. The maximum atomic E-state index is 13.0. The van der Waals surface area contributed by atoms with Gasteiger partial charge in [-0.05, 0) is 66.6 Å². The van der Waals surface area contributed by atoms with Crippen LogP contribution in [0.25, 0.3) is 0 Å². The molecule has 0 radical (unpaired) electrons. The number of halogens is 1. The van der Waals surface area contributed by atoms with Gasteiger partial charge in [-0.25, -0.2) is 13.2 Å². The molecule has 3 aromatic rings. The van der Waals surface area contributed by atoms with Crippen LogP contribution in [0.2, 0.25) is 5.02 Å². The highest BCUT2D eigenvalue weighted by Crippen LogP contribution is 2.25. The predicted octanol–water partition coefficient (Wildman–Crippen LogP) is 3.59. The van der Waals surface area contributed by atoms with E-state index < -0.39 is 21.9 Å². The fourth-order valence-corrected chi connectivity index (χ4v) is 4.70. The molecule has 7 nitrogen and oxygen atoms in total. The summed E-state index contributed by atoms with van der Waals surface area (Å²) in [5, 5.41) is 14.0. The van der Waals surface area contributed by atoms with Gasteiger partial charge in [-0.3, -0.25) is 0 Å². The topological polar surface area (TPSA) is 102 Å².